The molecule has 1 fully saturated rings. The van der Waals surface area contributed by atoms with Gasteiger partial charge in [0.05, 0.1) is 0 Å². The molecule has 0 radical (unpaired) electrons. The molecule has 0 spiro atoms. The lowest BCUT2D eigenvalue weighted by atomic mass is 9.97. The van der Waals surface area contributed by atoms with E-state index in [-0.39, 0.29) is 0 Å². The Morgan fingerprint density at radius 1 is 1.18 bits per heavy atom. The zero-order chi connectivity index (χ0) is 11.7. The fraction of sp³-hybridized carbons (Fsp3) is 0.385. The SMILES string of the molecule is O=c1[nH]nc(-c2ccc(C3CCCC3)cc2)o1. The number of H-pyrrole nitrogens is 1. The molecule has 0 amide bonds. The number of benzene rings is 1. The van der Waals surface area contributed by atoms with Crippen molar-refractivity contribution in [2.75, 3.05) is 0 Å². The second-order valence-electron chi connectivity index (χ2n) is 4.52. The first-order chi connectivity index (χ1) is 8.33. The summed E-state index contributed by atoms with van der Waals surface area (Å²) in [5.41, 5.74) is 2.22. The van der Waals surface area contributed by atoms with Crippen LogP contribution in [0.2, 0.25) is 0 Å². The van der Waals surface area contributed by atoms with Gasteiger partial charge >= 0.3 is 5.76 Å². The Hall–Kier alpha value is -1.84. The summed E-state index contributed by atoms with van der Waals surface area (Å²) in [6.45, 7) is 0. The highest BCUT2D eigenvalue weighted by atomic mass is 16.4. The van der Waals surface area contributed by atoms with E-state index in [0.29, 0.717) is 11.8 Å². The average molecular weight is 230 g/mol. The maximum atomic E-state index is 10.9. The molecule has 0 saturated heterocycles. The topological polar surface area (TPSA) is 58.9 Å². The van der Waals surface area contributed by atoms with E-state index in [2.05, 4.69) is 22.3 Å². The molecule has 2 aromatic rings. The molecule has 0 bridgehead atoms. The third-order valence-corrected chi connectivity index (χ3v) is 3.42. The van der Waals surface area contributed by atoms with Gasteiger partial charge in [-0.3, -0.25) is 0 Å². The van der Waals surface area contributed by atoms with Gasteiger partial charge < -0.3 is 4.42 Å². The molecule has 4 heteroatoms. The van der Waals surface area contributed by atoms with Gasteiger partial charge in [-0.25, -0.2) is 9.89 Å². The van der Waals surface area contributed by atoms with Crippen LogP contribution in [0.5, 0.6) is 0 Å². The van der Waals surface area contributed by atoms with Gasteiger partial charge in [0.2, 0.25) is 5.89 Å². The Labute approximate surface area is 98.7 Å². The van der Waals surface area contributed by atoms with E-state index in [4.69, 9.17) is 4.42 Å². The molecule has 0 unspecified atom stereocenters. The molecule has 88 valence electrons. The molecule has 0 aliphatic heterocycles. The fourth-order valence-electron chi connectivity index (χ4n) is 2.51. The van der Waals surface area contributed by atoms with Crippen LogP contribution in [0.25, 0.3) is 11.5 Å². The molecule has 17 heavy (non-hydrogen) atoms. The van der Waals surface area contributed by atoms with Gasteiger partial charge in [0, 0.05) is 5.56 Å². The maximum Gasteiger partial charge on any atom is 0.434 e. The van der Waals surface area contributed by atoms with E-state index in [1.54, 1.807) is 0 Å². The molecule has 1 aromatic carbocycles. The van der Waals surface area contributed by atoms with E-state index in [9.17, 15) is 4.79 Å². The van der Waals surface area contributed by atoms with Gasteiger partial charge in [-0.15, -0.1) is 5.10 Å². The summed E-state index contributed by atoms with van der Waals surface area (Å²) in [4.78, 5) is 10.9. The van der Waals surface area contributed by atoms with Gasteiger partial charge in [-0.2, -0.15) is 0 Å². The largest absolute Gasteiger partial charge is 0.434 e. The third kappa shape index (κ3) is 2.02. The summed E-state index contributed by atoms with van der Waals surface area (Å²) < 4.78 is 4.91. The predicted molar refractivity (Wildman–Crippen MR) is 63.8 cm³/mol. The average Bonchev–Trinajstić information content (AvgIpc) is 3.00. The fourth-order valence-corrected chi connectivity index (χ4v) is 2.51. The maximum absolute atomic E-state index is 10.9. The normalized spacial score (nSPS) is 16.5. The highest BCUT2D eigenvalue weighted by Gasteiger charge is 2.17. The number of aromatic nitrogens is 2. The highest BCUT2D eigenvalue weighted by molar-refractivity contribution is 5.53. The Bertz CT molecular complexity index is 547. The smallest absolute Gasteiger partial charge is 0.388 e. The van der Waals surface area contributed by atoms with Gasteiger partial charge in [0.25, 0.3) is 0 Å². The van der Waals surface area contributed by atoms with E-state index < -0.39 is 5.76 Å². The number of hydrogen-bond donors (Lipinski definition) is 1. The second kappa shape index (κ2) is 4.20. The minimum absolute atomic E-state index is 0.355. The quantitative estimate of drug-likeness (QED) is 0.862. The molecule has 1 aliphatic rings. The van der Waals surface area contributed by atoms with Crippen molar-refractivity contribution >= 4 is 0 Å². The minimum atomic E-state index is -0.514. The van der Waals surface area contributed by atoms with Gasteiger partial charge in [-0.1, -0.05) is 25.0 Å². The minimum Gasteiger partial charge on any atom is -0.388 e. The predicted octanol–water partition coefficient (Wildman–Crippen LogP) is 2.69. The molecular weight excluding hydrogens is 216 g/mol. The van der Waals surface area contributed by atoms with E-state index in [1.807, 2.05) is 12.1 Å². The Morgan fingerprint density at radius 2 is 1.88 bits per heavy atom. The van der Waals surface area contributed by atoms with Crippen LogP contribution in [0, 0.1) is 0 Å². The van der Waals surface area contributed by atoms with Crippen LogP contribution in [0.15, 0.2) is 33.5 Å². The third-order valence-electron chi connectivity index (χ3n) is 3.42. The van der Waals surface area contributed by atoms with Crippen LogP contribution < -0.4 is 5.76 Å². The Balaban J connectivity index is 1.86. The summed E-state index contributed by atoms with van der Waals surface area (Å²) in [5, 5.41) is 6.07. The molecule has 1 aliphatic carbocycles. The first-order valence-electron chi connectivity index (χ1n) is 5.99. The van der Waals surface area contributed by atoms with Crippen molar-refractivity contribution < 1.29 is 4.42 Å². The first-order valence-corrected chi connectivity index (χ1v) is 5.99. The van der Waals surface area contributed by atoms with Crippen LogP contribution in [0.4, 0.5) is 0 Å². The van der Waals surface area contributed by atoms with Crippen molar-refractivity contribution in [1.29, 1.82) is 0 Å². The zero-order valence-corrected chi connectivity index (χ0v) is 9.48. The van der Waals surface area contributed by atoms with E-state index in [0.717, 1.165) is 5.56 Å². The molecule has 1 aromatic heterocycles. The summed E-state index contributed by atoms with van der Waals surface area (Å²) >= 11 is 0. The van der Waals surface area contributed by atoms with Crippen molar-refractivity contribution in [3.05, 3.63) is 40.4 Å². The van der Waals surface area contributed by atoms with Crippen molar-refractivity contribution in [2.24, 2.45) is 0 Å². The van der Waals surface area contributed by atoms with E-state index in [1.165, 1.54) is 31.2 Å². The van der Waals surface area contributed by atoms with Gasteiger partial charge in [0.1, 0.15) is 0 Å². The molecule has 0 atom stereocenters. The lowest BCUT2D eigenvalue weighted by molar-refractivity contribution is 0.527. The van der Waals surface area contributed by atoms with Crippen LogP contribution in [-0.2, 0) is 0 Å². The molecular formula is C13H14N2O2. The van der Waals surface area contributed by atoms with Crippen LogP contribution in [0.1, 0.15) is 37.2 Å². The standard InChI is InChI=1S/C13H14N2O2/c16-13-15-14-12(17-13)11-7-5-10(6-8-11)9-3-1-2-4-9/h5-9H,1-4H2,(H,15,16). The van der Waals surface area contributed by atoms with Crippen molar-refractivity contribution in [3.63, 3.8) is 0 Å². The molecule has 1 N–H and O–H groups in total. The molecule has 3 rings (SSSR count). The number of nitrogens with one attached hydrogen (secondary N) is 1. The van der Waals surface area contributed by atoms with Crippen molar-refractivity contribution in [1.82, 2.24) is 10.2 Å². The Kier molecular flexibility index (Phi) is 2.55. The van der Waals surface area contributed by atoms with Crippen molar-refractivity contribution in [2.45, 2.75) is 31.6 Å². The number of nitrogens with zero attached hydrogens (tertiary/aromatic N) is 1. The summed E-state index contributed by atoms with van der Waals surface area (Å²) in [5.74, 6) is 0.545. The second-order valence-corrected chi connectivity index (χ2v) is 4.52. The van der Waals surface area contributed by atoms with Crippen LogP contribution in [-0.4, -0.2) is 10.2 Å². The lowest BCUT2D eigenvalue weighted by Gasteiger charge is -2.08. The molecule has 1 saturated carbocycles. The summed E-state index contributed by atoms with van der Waals surface area (Å²) in [7, 11) is 0. The monoisotopic (exact) mass is 230 g/mol. The van der Waals surface area contributed by atoms with Crippen molar-refractivity contribution in [3.8, 4) is 11.5 Å². The van der Waals surface area contributed by atoms with Gasteiger partial charge in [0.15, 0.2) is 0 Å². The summed E-state index contributed by atoms with van der Waals surface area (Å²) in [6.07, 6.45) is 5.25. The molecule has 1 heterocycles. The first kappa shape index (κ1) is 10.3. The van der Waals surface area contributed by atoms with Crippen LogP contribution in [0.3, 0.4) is 0 Å². The lowest BCUT2D eigenvalue weighted by Crippen LogP contribution is -1.93. The van der Waals surface area contributed by atoms with E-state index >= 15 is 0 Å². The highest BCUT2D eigenvalue weighted by Crippen LogP contribution is 2.34. The van der Waals surface area contributed by atoms with Crippen LogP contribution >= 0.6 is 0 Å². The number of aromatic amines is 1. The number of hydrogen-bond acceptors (Lipinski definition) is 3. The zero-order valence-electron chi connectivity index (χ0n) is 9.48. The number of rotatable bonds is 2. The Morgan fingerprint density at radius 3 is 2.47 bits per heavy atom. The summed E-state index contributed by atoms with van der Waals surface area (Å²) in [6, 6.07) is 8.15. The van der Waals surface area contributed by atoms with Gasteiger partial charge in [-0.05, 0) is 36.5 Å². The molecule has 4 nitrogen and oxygen atoms in total.